The van der Waals surface area contributed by atoms with Crippen LogP contribution >= 0.6 is 0 Å². The van der Waals surface area contributed by atoms with Crippen LogP contribution in [-0.4, -0.2) is 34.2 Å². The topological polar surface area (TPSA) is 199 Å². The molecule has 12 heteroatoms. The number of aromatic nitrogens is 1. The molecular formula is C18H19BN8O3. The van der Waals surface area contributed by atoms with Gasteiger partial charge in [-0.15, -0.1) is 0 Å². The average Bonchev–Trinajstić information content (AvgIpc) is 2.67. The molecule has 2 heterocycles. The van der Waals surface area contributed by atoms with E-state index < -0.39 is 13.2 Å². The van der Waals surface area contributed by atoms with E-state index in [1.54, 1.807) is 12.3 Å². The summed E-state index contributed by atoms with van der Waals surface area (Å²) in [6, 6.07) is 5.67. The zero-order valence-corrected chi connectivity index (χ0v) is 16.2. The zero-order chi connectivity index (χ0) is 22.0. The van der Waals surface area contributed by atoms with Crippen LogP contribution in [-0.2, 0) is 0 Å². The molecule has 152 valence electrons. The van der Waals surface area contributed by atoms with Crippen LogP contribution in [0.5, 0.6) is 5.75 Å². The lowest BCUT2D eigenvalue weighted by Gasteiger charge is -2.28. The number of nitriles is 2. The molecule has 1 aliphatic rings. The molecule has 0 bridgehead atoms. The highest BCUT2D eigenvalue weighted by Crippen LogP contribution is 2.43. The number of nitrogens with two attached hydrogens (primary N) is 2. The molecule has 8 N–H and O–H groups in total. The van der Waals surface area contributed by atoms with E-state index in [9.17, 15) is 15.3 Å². The predicted octanol–water partition coefficient (Wildman–Crippen LogP) is -0.474. The van der Waals surface area contributed by atoms with Gasteiger partial charge in [-0.2, -0.15) is 10.5 Å². The SMILES string of the molecule is CC(C)Oc1ccc(B(O)O)cc1C1N=C(NC#N)Nc2nc(N)c(C#N)c(N)c21. The molecule has 30 heavy (non-hydrogen) atoms. The van der Waals surface area contributed by atoms with Crippen LogP contribution in [0.25, 0.3) is 0 Å². The number of anilines is 3. The second-order valence-electron chi connectivity index (χ2n) is 6.74. The van der Waals surface area contributed by atoms with E-state index in [-0.39, 0.29) is 40.4 Å². The Morgan fingerprint density at radius 2 is 2.03 bits per heavy atom. The summed E-state index contributed by atoms with van der Waals surface area (Å²) < 4.78 is 5.87. The smallest absolute Gasteiger partial charge is 0.488 e. The van der Waals surface area contributed by atoms with Crippen molar-refractivity contribution in [3.05, 3.63) is 34.9 Å². The molecule has 0 radical (unpaired) electrons. The Labute approximate surface area is 172 Å². The van der Waals surface area contributed by atoms with Gasteiger partial charge in [-0.1, -0.05) is 12.1 Å². The van der Waals surface area contributed by atoms with Gasteiger partial charge in [-0.05, 0) is 25.4 Å². The molecule has 3 rings (SSSR count). The van der Waals surface area contributed by atoms with E-state index in [0.29, 0.717) is 16.9 Å². The first-order chi connectivity index (χ1) is 14.3. The van der Waals surface area contributed by atoms with Crippen LogP contribution in [0, 0.1) is 22.8 Å². The second kappa shape index (κ2) is 8.17. The van der Waals surface area contributed by atoms with Crippen LogP contribution in [0.15, 0.2) is 23.2 Å². The lowest BCUT2D eigenvalue weighted by Crippen LogP contribution is -2.34. The number of rotatable bonds is 4. The van der Waals surface area contributed by atoms with Gasteiger partial charge in [0.15, 0.2) is 6.19 Å². The fourth-order valence-electron chi connectivity index (χ4n) is 3.11. The summed E-state index contributed by atoms with van der Waals surface area (Å²) in [7, 11) is -1.73. The highest BCUT2D eigenvalue weighted by molar-refractivity contribution is 6.58. The number of hydrogen-bond acceptors (Lipinski definition) is 11. The van der Waals surface area contributed by atoms with Crippen LogP contribution in [0.2, 0.25) is 0 Å². The minimum Gasteiger partial charge on any atom is -0.491 e. The molecule has 1 atom stereocenters. The molecule has 1 aromatic carbocycles. The van der Waals surface area contributed by atoms with Gasteiger partial charge in [0.1, 0.15) is 35.1 Å². The highest BCUT2D eigenvalue weighted by atomic mass is 16.5. The monoisotopic (exact) mass is 406 g/mol. The molecule has 0 fully saturated rings. The number of ether oxygens (including phenoxy) is 1. The first kappa shape index (κ1) is 20.7. The van der Waals surface area contributed by atoms with E-state index in [2.05, 4.69) is 20.6 Å². The van der Waals surface area contributed by atoms with Crippen molar-refractivity contribution in [3.8, 4) is 18.0 Å². The van der Waals surface area contributed by atoms with Crippen molar-refractivity contribution in [2.24, 2.45) is 4.99 Å². The van der Waals surface area contributed by atoms with Crippen LogP contribution in [0.3, 0.4) is 0 Å². The second-order valence-corrected chi connectivity index (χ2v) is 6.74. The fourth-order valence-corrected chi connectivity index (χ4v) is 3.11. The molecule has 1 unspecified atom stereocenters. The van der Waals surface area contributed by atoms with Gasteiger partial charge in [-0.3, -0.25) is 5.32 Å². The number of nitrogens with one attached hydrogen (secondary N) is 2. The van der Waals surface area contributed by atoms with Gasteiger partial charge in [-0.25, -0.2) is 9.98 Å². The Morgan fingerprint density at radius 1 is 1.30 bits per heavy atom. The molecule has 2 aromatic rings. The molecule has 0 amide bonds. The number of benzene rings is 1. The lowest BCUT2D eigenvalue weighted by molar-refractivity contribution is 0.239. The Hall–Kier alpha value is -4.00. The van der Waals surface area contributed by atoms with Gasteiger partial charge in [0, 0.05) is 11.1 Å². The molecule has 0 saturated carbocycles. The molecular weight excluding hydrogens is 387 g/mol. The number of guanidine groups is 1. The van der Waals surface area contributed by atoms with E-state index >= 15 is 0 Å². The number of pyridine rings is 1. The van der Waals surface area contributed by atoms with E-state index in [0.717, 1.165) is 0 Å². The Balaban J connectivity index is 2.31. The average molecular weight is 406 g/mol. The largest absolute Gasteiger partial charge is 0.491 e. The van der Waals surface area contributed by atoms with Crippen molar-refractivity contribution >= 4 is 35.9 Å². The van der Waals surface area contributed by atoms with Crippen LogP contribution in [0.1, 0.15) is 36.6 Å². The van der Waals surface area contributed by atoms with E-state index in [1.165, 1.54) is 12.1 Å². The highest BCUT2D eigenvalue weighted by Gasteiger charge is 2.32. The van der Waals surface area contributed by atoms with Crippen molar-refractivity contribution < 1.29 is 14.8 Å². The number of nitrogens with zero attached hydrogens (tertiary/aromatic N) is 4. The quantitative estimate of drug-likeness (QED) is 0.219. The molecule has 1 aliphatic heterocycles. The maximum Gasteiger partial charge on any atom is 0.488 e. The fraction of sp³-hybridized carbons (Fsp3) is 0.222. The lowest BCUT2D eigenvalue weighted by atomic mass is 9.78. The van der Waals surface area contributed by atoms with E-state index in [1.807, 2.05) is 19.9 Å². The van der Waals surface area contributed by atoms with Crippen LogP contribution < -0.4 is 32.3 Å². The van der Waals surface area contributed by atoms with Gasteiger partial charge >= 0.3 is 7.12 Å². The molecule has 0 aliphatic carbocycles. The third-order valence-electron chi connectivity index (χ3n) is 4.35. The Kier molecular flexibility index (Phi) is 5.64. The zero-order valence-electron chi connectivity index (χ0n) is 16.2. The summed E-state index contributed by atoms with van der Waals surface area (Å²) in [6.07, 6.45) is 1.58. The first-order valence-corrected chi connectivity index (χ1v) is 8.92. The van der Waals surface area contributed by atoms with Crippen molar-refractivity contribution in [3.63, 3.8) is 0 Å². The summed E-state index contributed by atoms with van der Waals surface area (Å²) in [6.45, 7) is 3.68. The standard InChI is InChI=1S/C18H19BN8O3/c1-8(2)30-12-4-3-9(19(28)29)5-10(12)15-13-14(22)11(6-20)16(23)26-17(13)27-18(25-15)24-7-21/h3-5,8,15,28-29H,1-2H3,(H6,22,23,24,25,26,27). The van der Waals surface area contributed by atoms with Crippen LogP contribution in [0.4, 0.5) is 17.3 Å². The number of fused-ring (bicyclic) bond motifs is 1. The van der Waals surface area contributed by atoms with E-state index in [4.69, 9.17) is 21.5 Å². The maximum absolute atomic E-state index is 9.64. The van der Waals surface area contributed by atoms with Gasteiger partial charge in [0.25, 0.3) is 0 Å². The first-order valence-electron chi connectivity index (χ1n) is 8.92. The summed E-state index contributed by atoms with van der Waals surface area (Å²) in [5, 5.41) is 43.0. The third kappa shape index (κ3) is 3.78. The number of aliphatic imine (C=N–C) groups is 1. The van der Waals surface area contributed by atoms with Crippen molar-refractivity contribution in [1.82, 2.24) is 10.3 Å². The van der Waals surface area contributed by atoms with Gasteiger partial charge in [0.05, 0.1) is 11.8 Å². The van der Waals surface area contributed by atoms with Crippen molar-refractivity contribution in [2.75, 3.05) is 16.8 Å². The predicted molar refractivity (Wildman–Crippen MR) is 111 cm³/mol. The number of nitrogen functional groups attached to an aromatic ring is 2. The summed E-state index contributed by atoms with van der Waals surface area (Å²) in [4.78, 5) is 8.67. The molecule has 1 aromatic heterocycles. The minimum atomic E-state index is -1.73. The van der Waals surface area contributed by atoms with Crippen molar-refractivity contribution in [1.29, 1.82) is 10.5 Å². The molecule has 0 spiro atoms. The van der Waals surface area contributed by atoms with Gasteiger partial charge < -0.3 is 31.6 Å². The molecule has 0 saturated heterocycles. The maximum atomic E-state index is 9.64. The molecule has 11 nitrogen and oxygen atoms in total. The normalized spacial score (nSPS) is 14.6. The Bertz CT molecular complexity index is 1100. The summed E-state index contributed by atoms with van der Waals surface area (Å²) in [5.74, 6) is 0.641. The van der Waals surface area contributed by atoms with Crippen molar-refractivity contribution in [2.45, 2.75) is 26.0 Å². The third-order valence-corrected chi connectivity index (χ3v) is 4.35. The number of hydrogen-bond donors (Lipinski definition) is 6. The minimum absolute atomic E-state index is 0.00267. The summed E-state index contributed by atoms with van der Waals surface area (Å²) >= 11 is 0. The van der Waals surface area contributed by atoms with Gasteiger partial charge in [0.2, 0.25) is 5.96 Å². The summed E-state index contributed by atoms with van der Waals surface area (Å²) in [5.41, 5.74) is 13.1. The Morgan fingerprint density at radius 3 is 2.63 bits per heavy atom.